The van der Waals surface area contributed by atoms with Gasteiger partial charge < -0.3 is 14.8 Å². The lowest BCUT2D eigenvalue weighted by Gasteiger charge is -2.06. The van der Waals surface area contributed by atoms with Gasteiger partial charge in [0.05, 0.1) is 23.1 Å². The van der Waals surface area contributed by atoms with Crippen LogP contribution in [-0.4, -0.2) is 27.0 Å². The number of nitrogens with zero attached hydrogens (tertiary/aromatic N) is 3. The minimum Gasteiger partial charge on any atom is -0.395 e. The molecule has 150 valence electrons. The predicted molar refractivity (Wildman–Crippen MR) is 92.0 cm³/mol. The summed E-state index contributed by atoms with van der Waals surface area (Å²) in [6, 6.07) is 3.62. The molecule has 0 aliphatic carbocycles. The van der Waals surface area contributed by atoms with Gasteiger partial charge in [-0.3, -0.25) is 14.5 Å². The molecule has 1 N–H and O–H groups in total. The first kappa shape index (κ1) is 19.0. The number of ether oxygens (including phenoxy) is 2. The SMILES string of the molecule is Cn1nc(C(=O)Nc2c(F)cncc2F)cc1-c1cc2c(cc1Cl)OC(F)(F)O2. The Morgan fingerprint density at radius 2 is 1.76 bits per heavy atom. The van der Waals surface area contributed by atoms with Crippen LogP contribution in [0.3, 0.4) is 0 Å². The average Bonchev–Trinajstić information content (AvgIpc) is 3.15. The van der Waals surface area contributed by atoms with E-state index in [4.69, 9.17) is 11.6 Å². The molecular formula is C17H9ClF4N4O3. The van der Waals surface area contributed by atoms with Gasteiger partial charge in [-0.2, -0.15) is 5.10 Å². The second-order valence-electron chi connectivity index (χ2n) is 5.92. The third kappa shape index (κ3) is 3.44. The molecule has 0 saturated carbocycles. The molecule has 0 fully saturated rings. The maximum atomic E-state index is 13.7. The van der Waals surface area contributed by atoms with Crippen molar-refractivity contribution >= 4 is 23.2 Å². The Kier molecular flexibility index (Phi) is 4.34. The summed E-state index contributed by atoms with van der Waals surface area (Å²) in [5, 5.41) is 6.08. The molecular weight excluding hydrogens is 420 g/mol. The number of benzene rings is 1. The van der Waals surface area contributed by atoms with E-state index in [0.29, 0.717) is 0 Å². The Bertz CT molecular complexity index is 1130. The largest absolute Gasteiger partial charge is 0.586 e. The van der Waals surface area contributed by atoms with Gasteiger partial charge in [-0.05, 0) is 12.1 Å². The maximum Gasteiger partial charge on any atom is 0.586 e. The smallest absolute Gasteiger partial charge is 0.395 e. The number of rotatable bonds is 3. The van der Waals surface area contributed by atoms with Gasteiger partial charge in [-0.1, -0.05) is 11.6 Å². The van der Waals surface area contributed by atoms with Gasteiger partial charge in [0, 0.05) is 18.7 Å². The van der Waals surface area contributed by atoms with E-state index < -0.39 is 29.5 Å². The normalized spacial score (nSPS) is 14.1. The van der Waals surface area contributed by atoms with Crippen molar-refractivity contribution in [1.82, 2.24) is 14.8 Å². The van der Waals surface area contributed by atoms with Crippen LogP contribution in [0.2, 0.25) is 5.02 Å². The van der Waals surface area contributed by atoms with Crippen LogP contribution in [0.1, 0.15) is 10.5 Å². The van der Waals surface area contributed by atoms with Crippen LogP contribution in [0.5, 0.6) is 11.5 Å². The summed E-state index contributed by atoms with van der Waals surface area (Å²) in [5.41, 5.74) is -0.391. The zero-order chi connectivity index (χ0) is 20.9. The summed E-state index contributed by atoms with van der Waals surface area (Å²) in [6.45, 7) is 0. The molecule has 3 aromatic rings. The molecule has 1 aliphatic rings. The fraction of sp³-hybridized carbons (Fsp3) is 0.118. The number of alkyl halides is 2. The number of aromatic nitrogens is 3. The van der Waals surface area contributed by atoms with Gasteiger partial charge in [0.2, 0.25) is 0 Å². The van der Waals surface area contributed by atoms with E-state index in [2.05, 4.69) is 24.9 Å². The van der Waals surface area contributed by atoms with Crippen LogP contribution in [0.4, 0.5) is 23.2 Å². The zero-order valence-corrected chi connectivity index (χ0v) is 15.1. The van der Waals surface area contributed by atoms with E-state index in [-0.39, 0.29) is 33.5 Å². The summed E-state index contributed by atoms with van der Waals surface area (Å²) in [5.74, 6) is -3.52. The van der Waals surface area contributed by atoms with Crippen molar-refractivity contribution in [3.05, 3.63) is 52.9 Å². The van der Waals surface area contributed by atoms with E-state index in [0.717, 1.165) is 18.5 Å². The van der Waals surface area contributed by atoms with E-state index in [1.807, 2.05) is 0 Å². The summed E-state index contributed by atoms with van der Waals surface area (Å²) in [6.07, 6.45) is -2.34. The molecule has 0 radical (unpaired) electrons. The van der Waals surface area contributed by atoms with Crippen LogP contribution in [0.25, 0.3) is 11.3 Å². The number of fused-ring (bicyclic) bond motifs is 1. The van der Waals surface area contributed by atoms with Crippen LogP contribution in [0.15, 0.2) is 30.6 Å². The first-order chi connectivity index (χ1) is 13.6. The number of hydrogen-bond donors (Lipinski definition) is 1. The average molecular weight is 429 g/mol. The molecule has 29 heavy (non-hydrogen) atoms. The Morgan fingerprint density at radius 3 is 2.41 bits per heavy atom. The molecule has 0 atom stereocenters. The molecule has 1 amide bonds. The van der Waals surface area contributed by atoms with Crippen molar-refractivity contribution in [3.8, 4) is 22.8 Å². The highest BCUT2D eigenvalue weighted by Gasteiger charge is 2.44. The lowest BCUT2D eigenvalue weighted by atomic mass is 10.1. The molecule has 7 nitrogen and oxygen atoms in total. The number of amides is 1. The van der Waals surface area contributed by atoms with Crippen molar-refractivity contribution < 1.29 is 31.8 Å². The minimum atomic E-state index is -3.82. The summed E-state index contributed by atoms with van der Waals surface area (Å²) < 4.78 is 63.8. The Balaban J connectivity index is 1.67. The fourth-order valence-electron chi connectivity index (χ4n) is 2.71. The van der Waals surface area contributed by atoms with Crippen molar-refractivity contribution in [1.29, 1.82) is 0 Å². The number of carbonyl (C=O) groups is 1. The first-order valence-corrected chi connectivity index (χ1v) is 8.26. The standard InChI is InChI=1S/C17H9ClF4N4O3/c1-26-12(7-2-13-14(3-8(7)18)29-17(21,22)28-13)4-11(25-26)16(27)24-15-9(19)5-23-6-10(15)20/h2-6H,1H3,(H,23,24,27). The van der Waals surface area contributed by atoms with Crippen molar-refractivity contribution in [2.45, 2.75) is 6.29 Å². The molecule has 0 spiro atoms. The molecule has 0 unspecified atom stereocenters. The van der Waals surface area contributed by atoms with Crippen LogP contribution in [0, 0.1) is 11.6 Å². The molecule has 0 bridgehead atoms. The van der Waals surface area contributed by atoms with Gasteiger partial charge in [0.15, 0.2) is 28.8 Å². The number of halogens is 5. The molecule has 3 heterocycles. The number of hydrogen-bond acceptors (Lipinski definition) is 5. The van der Waals surface area contributed by atoms with Gasteiger partial charge in [-0.15, -0.1) is 8.78 Å². The third-order valence-corrected chi connectivity index (χ3v) is 4.28. The highest BCUT2D eigenvalue weighted by molar-refractivity contribution is 6.33. The molecule has 4 rings (SSSR count). The molecule has 0 saturated heterocycles. The fourth-order valence-corrected chi connectivity index (χ4v) is 2.96. The van der Waals surface area contributed by atoms with Gasteiger partial charge >= 0.3 is 6.29 Å². The van der Waals surface area contributed by atoms with Gasteiger partial charge in [-0.25, -0.2) is 8.78 Å². The Labute approximate surface area is 164 Å². The minimum absolute atomic E-state index is 0.0335. The van der Waals surface area contributed by atoms with Crippen LogP contribution < -0.4 is 14.8 Å². The van der Waals surface area contributed by atoms with Crippen LogP contribution in [-0.2, 0) is 7.05 Å². The van der Waals surface area contributed by atoms with Crippen molar-refractivity contribution in [2.24, 2.45) is 7.05 Å². The Hall–Kier alpha value is -3.34. The quantitative estimate of drug-likeness (QED) is 0.638. The summed E-state index contributed by atoms with van der Waals surface area (Å²) >= 11 is 6.14. The number of aryl methyl sites for hydroxylation is 1. The molecule has 12 heteroatoms. The van der Waals surface area contributed by atoms with E-state index in [9.17, 15) is 22.4 Å². The number of carbonyl (C=O) groups excluding carboxylic acids is 1. The van der Waals surface area contributed by atoms with E-state index in [1.54, 1.807) is 0 Å². The highest BCUT2D eigenvalue weighted by atomic mass is 35.5. The molecule has 1 aromatic carbocycles. The maximum absolute atomic E-state index is 13.7. The van der Waals surface area contributed by atoms with E-state index >= 15 is 0 Å². The lowest BCUT2D eigenvalue weighted by Crippen LogP contribution is -2.25. The number of anilines is 1. The highest BCUT2D eigenvalue weighted by Crippen LogP contribution is 2.46. The van der Waals surface area contributed by atoms with Gasteiger partial charge in [0.25, 0.3) is 5.91 Å². The van der Waals surface area contributed by atoms with Gasteiger partial charge in [0.1, 0.15) is 5.69 Å². The summed E-state index contributed by atoms with van der Waals surface area (Å²) in [4.78, 5) is 15.7. The third-order valence-electron chi connectivity index (χ3n) is 3.97. The number of nitrogens with one attached hydrogen (secondary N) is 1. The zero-order valence-electron chi connectivity index (χ0n) is 14.3. The lowest BCUT2D eigenvalue weighted by molar-refractivity contribution is -0.286. The first-order valence-electron chi connectivity index (χ1n) is 7.89. The summed E-state index contributed by atoms with van der Waals surface area (Å²) in [7, 11) is 1.47. The van der Waals surface area contributed by atoms with Crippen molar-refractivity contribution in [3.63, 3.8) is 0 Å². The number of pyridine rings is 1. The van der Waals surface area contributed by atoms with Crippen molar-refractivity contribution in [2.75, 3.05) is 5.32 Å². The second kappa shape index (κ2) is 6.62. The van der Waals surface area contributed by atoms with E-state index in [1.165, 1.54) is 23.9 Å². The second-order valence-corrected chi connectivity index (χ2v) is 6.32. The molecule has 2 aromatic heterocycles. The Morgan fingerprint density at radius 1 is 1.14 bits per heavy atom. The predicted octanol–water partition coefficient (Wildman–Crippen LogP) is 3.99. The monoisotopic (exact) mass is 428 g/mol. The molecule has 1 aliphatic heterocycles. The van der Waals surface area contributed by atoms with Crippen LogP contribution >= 0.6 is 11.6 Å². The topological polar surface area (TPSA) is 78.3 Å².